The number of nitrogens with zero attached hydrogens (tertiary/aromatic N) is 5. The summed E-state index contributed by atoms with van der Waals surface area (Å²) >= 11 is 0. The van der Waals surface area contributed by atoms with Crippen LogP contribution in [0, 0.1) is 6.92 Å². The molecule has 0 saturated carbocycles. The van der Waals surface area contributed by atoms with Crippen LogP contribution in [-0.4, -0.2) is 36.7 Å². The molecule has 0 aliphatic carbocycles. The number of carbonyl (C=O) groups excluding carboxylic acids is 1. The lowest BCUT2D eigenvalue weighted by Gasteiger charge is -2.13. The highest BCUT2D eigenvalue weighted by Gasteiger charge is 2.17. The fourth-order valence-corrected chi connectivity index (χ4v) is 2.44. The Hall–Kier alpha value is -3.09. The predicted molar refractivity (Wildman–Crippen MR) is 88.8 cm³/mol. The Kier molecular flexibility index (Phi) is 4.60. The summed E-state index contributed by atoms with van der Waals surface area (Å²) in [7, 11) is 0. The molecular weight excluding hydrogens is 304 g/mol. The molecule has 0 fully saturated rings. The van der Waals surface area contributed by atoms with Gasteiger partial charge in [0.2, 0.25) is 0 Å². The quantitative estimate of drug-likeness (QED) is 0.773. The number of hydrogen-bond acceptors (Lipinski definition) is 5. The van der Waals surface area contributed by atoms with Crippen molar-refractivity contribution in [3.05, 3.63) is 66.1 Å². The average molecular weight is 322 g/mol. The van der Waals surface area contributed by atoms with Crippen LogP contribution in [0.1, 0.15) is 28.7 Å². The zero-order valence-corrected chi connectivity index (χ0v) is 13.5. The third kappa shape index (κ3) is 3.45. The second kappa shape index (κ2) is 6.99. The molecule has 7 heteroatoms. The lowest BCUT2D eigenvalue weighted by molar-refractivity contribution is 0.0939. The lowest BCUT2D eigenvalue weighted by atomic mass is 10.1. The van der Waals surface area contributed by atoms with Crippen molar-refractivity contribution in [2.75, 3.05) is 0 Å². The highest BCUT2D eigenvalue weighted by molar-refractivity contribution is 5.95. The van der Waals surface area contributed by atoms with Gasteiger partial charge >= 0.3 is 0 Å². The maximum atomic E-state index is 12.5. The third-order valence-corrected chi connectivity index (χ3v) is 3.63. The van der Waals surface area contributed by atoms with Crippen molar-refractivity contribution in [1.29, 1.82) is 0 Å². The van der Waals surface area contributed by atoms with Gasteiger partial charge in [0.05, 0.1) is 23.1 Å². The summed E-state index contributed by atoms with van der Waals surface area (Å²) in [6, 6.07) is 5.50. The molecule has 1 N–H and O–H groups in total. The van der Waals surface area contributed by atoms with E-state index < -0.39 is 0 Å². The van der Waals surface area contributed by atoms with Gasteiger partial charge in [-0.1, -0.05) is 6.07 Å². The Morgan fingerprint density at radius 3 is 2.79 bits per heavy atom. The summed E-state index contributed by atoms with van der Waals surface area (Å²) < 4.78 is 1.66. The SMILES string of the molecule is Cc1c(C(=O)NC(C)Cc2cnccn2)cnn1-c1ccccn1. The van der Waals surface area contributed by atoms with E-state index in [-0.39, 0.29) is 11.9 Å². The first-order valence-corrected chi connectivity index (χ1v) is 7.67. The van der Waals surface area contributed by atoms with Gasteiger partial charge in [0.1, 0.15) is 0 Å². The Balaban J connectivity index is 1.71. The van der Waals surface area contributed by atoms with Gasteiger partial charge in [-0.3, -0.25) is 14.8 Å². The van der Waals surface area contributed by atoms with E-state index >= 15 is 0 Å². The van der Waals surface area contributed by atoms with Gasteiger partial charge in [0, 0.05) is 37.3 Å². The van der Waals surface area contributed by atoms with Crippen LogP contribution in [0.5, 0.6) is 0 Å². The Bertz CT molecular complexity index is 816. The number of aromatic nitrogens is 5. The molecule has 0 aliphatic rings. The van der Waals surface area contributed by atoms with E-state index in [0.29, 0.717) is 17.8 Å². The Morgan fingerprint density at radius 2 is 2.08 bits per heavy atom. The first-order chi connectivity index (χ1) is 11.6. The minimum absolute atomic E-state index is 0.0631. The molecule has 3 aromatic rings. The summed E-state index contributed by atoms with van der Waals surface area (Å²) in [6.07, 6.45) is 8.85. The van der Waals surface area contributed by atoms with E-state index in [9.17, 15) is 4.79 Å². The van der Waals surface area contributed by atoms with Crippen molar-refractivity contribution in [2.45, 2.75) is 26.3 Å². The number of rotatable bonds is 5. The van der Waals surface area contributed by atoms with Gasteiger partial charge in [0.15, 0.2) is 5.82 Å². The van der Waals surface area contributed by atoms with Crippen molar-refractivity contribution in [3.8, 4) is 5.82 Å². The molecular formula is C17H18N6O. The van der Waals surface area contributed by atoms with Crippen LogP contribution in [0.15, 0.2) is 49.2 Å². The lowest BCUT2D eigenvalue weighted by Crippen LogP contribution is -2.34. The summed E-state index contributed by atoms with van der Waals surface area (Å²) in [5.74, 6) is 0.521. The summed E-state index contributed by atoms with van der Waals surface area (Å²) in [4.78, 5) is 25.0. The first kappa shape index (κ1) is 15.8. The molecule has 0 aromatic carbocycles. The third-order valence-electron chi connectivity index (χ3n) is 3.63. The molecule has 3 aromatic heterocycles. The van der Waals surface area contributed by atoms with E-state index in [4.69, 9.17) is 0 Å². The summed E-state index contributed by atoms with van der Waals surface area (Å²) in [6.45, 7) is 3.79. The van der Waals surface area contributed by atoms with Crippen LogP contribution < -0.4 is 5.32 Å². The maximum absolute atomic E-state index is 12.5. The number of carbonyl (C=O) groups is 1. The van der Waals surface area contributed by atoms with Gasteiger partial charge in [-0.05, 0) is 26.0 Å². The zero-order chi connectivity index (χ0) is 16.9. The van der Waals surface area contributed by atoms with E-state index in [1.165, 1.54) is 0 Å². The molecule has 24 heavy (non-hydrogen) atoms. The highest BCUT2D eigenvalue weighted by Crippen LogP contribution is 2.12. The number of pyridine rings is 1. The largest absolute Gasteiger partial charge is 0.349 e. The summed E-state index contributed by atoms with van der Waals surface area (Å²) in [5.41, 5.74) is 2.12. The molecule has 0 saturated heterocycles. The molecule has 3 rings (SSSR count). The highest BCUT2D eigenvalue weighted by atomic mass is 16.1. The van der Waals surface area contributed by atoms with Crippen LogP contribution >= 0.6 is 0 Å². The zero-order valence-electron chi connectivity index (χ0n) is 13.5. The van der Waals surface area contributed by atoms with Gasteiger partial charge in [-0.15, -0.1) is 0 Å². The van der Waals surface area contributed by atoms with E-state index in [1.54, 1.807) is 35.7 Å². The monoisotopic (exact) mass is 322 g/mol. The maximum Gasteiger partial charge on any atom is 0.254 e. The van der Waals surface area contributed by atoms with Gasteiger partial charge in [0.25, 0.3) is 5.91 Å². The smallest absolute Gasteiger partial charge is 0.254 e. The van der Waals surface area contributed by atoms with Gasteiger partial charge < -0.3 is 5.32 Å². The second-order valence-electron chi connectivity index (χ2n) is 5.52. The fraction of sp³-hybridized carbons (Fsp3) is 0.235. The molecule has 122 valence electrons. The molecule has 1 unspecified atom stereocenters. The van der Waals surface area contributed by atoms with Crippen LogP contribution in [0.25, 0.3) is 5.82 Å². The molecule has 3 heterocycles. The molecule has 1 atom stereocenters. The molecule has 7 nitrogen and oxygen atoms in total. The molecule has 0 radical (unpaired) electrons. The molecule has 0 bridgehead atoms. The normalized spacial score (nSPS) is 11.9. The van der Waals surface area contributed by atoms with Crippen LogP contribution in [0.4, 0.5) is 0 Å². The molecule has 1 amide bonds. The standard InChI is InChI=1S/C17H18N6O/c1-12(9-14-10-18-7-8-19-14)22-17(24)15-11-21-23(13(15)2)16-5-3-4-6-20-16/h3-8,10-12H,9H2,1-2H3,(H,22,24). The minimum Gasteiger partial charge on any atom is -0.349 e. The topological polar surface area (TPSA) is 85.6 Å². The van der Waals surface area contributed by atoms with E-state index in [2.05, 4.69) is 25.4 Å². The van der Waals surface area contributed by atoms with Crippen molar-refractivity contribution in [2.24, 2.45) is 0 Å². The van der Waals surface area contributed by atoms with Crippen LogP contribution in [-0.2, 0) is 6.42 Å². The number of amides is 1. The van der Waals surface area contributed by atoms with Gasteiger partial charge in [-0.2, -0.15) is 5.10 Å². The predicted octanol–water partition coefficient (Wildman–Crippen LogP) is 1.73. The van der Waals surface area contributed by atoms with Crippen molar-refractivity contribution < 1.29 is 4.79 Å². The van der Waals surface area contributed by atoms with E-state index in [0.717, 1.165) is 11.4 Å². The molecule has 0 spiro atoms. The second-order valence-corrected chi connectivity index (χ2v) is 5.52. The average Bonchev–Trinajstić information content (AvgIpc) is 2.98. The van der Waals surface area contributed by atoms with Crippen molar-refractivity contribution in [3.63, 3.8) is 0 Å². The minimum atomic E-state index is -0.161. The van der Waals surface area contributed by atoms with Crippen molar-refractivity contribution >= 4 is 5.91 Å². The first-order valence-electron chi connectivity index (χ1n) is 7.67. The van der Waals surface area contributed by atoms with Crippen LogP contribution in [0.3, 0.4) is 0 Å². The fourth-order valence-electron chi connectivity index (χ4n) is 2.44. The Labute approximate surface area is 139 Å². The number of nitrogens with one attached hydrogen (secondary N) is 1. The Morgan fingerprint density at radius 1 is 1.21 bits per heavy atom. The van der Waals surface area contributed by atoms with Gasteiger partial charge in [-0.25, -0.2) is 9.67 Å². The summed E-state index contributed by atoms with van der Waals surface area (Å²) in [5, 5.41) is 7.24. The van der Waals surface area contributed by atoms with E-state index in [1.807, 2.05) is 32.0 Å². The number of hydrogen-bond donors (Lipinski definition) is 1. The van der Waals surface area contributed by atoms with Crippen LogP contribution in [0.2, 0.25) is 0 Å². The molecule has 0 aliphatic heterocycles. The van der Waals surface area contributed by atoms with Crippen molar-refractivity contribution in [1.82, 2.24) is 30.0 Å².